The summed E-state index contributed by atoms with van der Waals surface area (Å²) in [5.41, 5.74) is 3.19. The van der Waals surface area contributed by atoms with Gasteiger partial charge < -0.3 is 4.90 Å². The highest BCUT2D eigenvalue weighted by atomic mass is 32.2. The van der Waals surface area contributed by atoms with Crippen molar-refractivity contribution in [3.8, 4) is 0 Å². The minimum atomic E-state index is -3.48. The summed E-state index contributed by atoms with van der Waals surface area (Å²) in [7, 11) is 0.510. The van der Waals surface area contributed by atoms with Gasteiger partial charge in [-0.15, -0.1) is 11.8 Å². The second-order valence-corrected chi connectivity index (χ2v) is 9.22. The highest BCUT2D eigenvalue weighted by Gasteiger charge is 2.36. The van der Waals surface area contributed by atoms with E-state index in [1.165, 1.54) is 0 Å². The minimum Gasteiger partial charge on any atom is -0.378 e. The van der Waals surface area contributed by atoms with Crippen molar-refractivity contribution < 1.29 is 8.42 Å². The maximum absolute atomic E-state index is 13.0. The van der Waals surface area contributed by atoms with E-state index >= 15 is 0 Å². The summed E-state index contributed by atoms with van der Waals surface area (Å²) in [6, 6.07) is 15.2. The summed E-state index contributed by atoms with van der Waals surface area (Å²) in [6.45, 7) is 2.50. The van der Waals surface area contributed by atoms with Crippen molar-refractivity contribution in [1.82, 2.24) is 4.31 Å². The molecule has 4 nitrogen and oxygen atoms in total. The summed E-state index contributed by atoms with van der Waals surface area (Å²) in [6.07, 6.45) is 0. The molecule has 0 bridgehead atoms. The van der Waals surface area contributed by atoms with Gasteiger partial charge in [0.1, 0.15) is 0 Å². The Morgan fingerprint density at radius 2 is 1.67 bits per heavy atom. The molecule has 0 aliphatic carbocycles. The largest absolute Gasteiger partial charge is 0.378 e. The first-order valence-electron chi connectivity index (χ1n) is 7.87. The van der Waals surface area contributed by atoms with Crippen LogP contribution in [-0.4, -0.2) is 39.1 Å². The second-order valence-electron chi connectivity index (χ2n) is 6.14. The van der Waals surface area contributed by atoms with Crippen LogP contribution < -0.4 is 4.90 Å². The lowest BCUT2D eigenvalue weighted by Gasteiger charge is -2.24. The summed E-state index contributed by atoms with van der Waals surface area (Å²) < 4.78 is 27.6. The Kier molecular flexibility index (Phi) is 4.90. The van der Waals surface area contributed by atoms with E-state index in [-0.39, 0.29) is 5.37 Å². The van der Waals surface area contributed by atoms with Crippen LogP contribution in [0.3, 0.4) is 0 Å². The van der Waals surface area contributed by atoms with Crippen molar-refractivity contribution in [2.75, 3.05) is 31.3 Å². The topological polar surface area (TPSA) is 40.6 Å². The fourth-order valence-corrected chi connectivity index (χ4v) is 5.99. The zero-order chi connectivity index (χ0) is 17.3. The van der Waals surface area contributed by atoms with Gasteiger partial charge in [-0.3, -0.25) is 0 Å². The Labute approximate surface area is 148 Å². The molecule has 128 valence electrons. The normalized spacial score (nSPS) is 18.7. The average molecular weight is 363 g/mol. The van der Waals surface area contributed by atoms with Crippen molar-refractivity contribution in [2.45, 2.75) is 17.2 Å². The Bertz CT molecular complexity index is 800. The molecule has 1 fully saturated rings. The Morgan fingerprint density at radius 1 is 1.04 bits per heavy atom. The Hall–Kier alpha value is -1.50. The molecule has 1 saturated heterocycles. The van der Waals surface area contributed by atoms with E-state index in [1.54, 1.807) is 28.2 Å². The number of hydrogen-bond donors (Lipinski definition) is 0. The maximum Gasteiger partial charge on any atom is 0.244 e. The van der Waals surface area contributed by atoms with Gasteiger partial charge in [-0.1, -0.05) is 29.8 Å². The molecular weight excluding hydrogens is 340 g/mol. The summed E-state index contributed by atoms with van der Waals surface area (Å²) >= 11 is 1.68. The van der Waals surface area contributed by atoms with Gasteiger partial charge in [0.15, 0.2) is 0 Å². The standard InChI is InChI=1S/C18H22N2O2S2/c1-14-4-10-17(11-5-14)24(21,22)20-12-13-23-18(20)15-6-8-16(9-7-15)19(2)3/h4-11,18H,12-13H2,1-3H3. The monoisotopic (exact) mass is 362 g/mol. The smallest absolute Gasteiger partial charge is 0.244 e. The van der Waals surface area contributed by atoms with Gasteiger partial charge in [-0.25, -0.2) is 8.42 Å². The van der Waals surface area contributed by atoms with Crippen molar-refractivity contribution in [3.63, 3.8) is 0 Å². The van der Waals surface area contributed by atoms with Crippen LogP contribution >= 0.6 is 11.8 Å². The van der Waals surface area contributed by atoms with Gasteiger partial charge in [0.2, 0.25) is 10.0 Å². The molecule has 1 aliphatic heterocycles. The summed E-state index contributed by atoms with van der Waals surface area (Å²) in [5.74, 6) is 0.811. The highest BCUT2D eigenvalue weighted by molar-refractivity contribution is 8.01. The third kappa shape index (κ3) is 3.31. The van der Waals surface area contributed by atoms with E-state index in [9.17, 15) is 8.42 Å². The molecule has 0 aromatic heterocycles. The van der Waals surface area contributed by atoms with E-state index in [0.717, 1.165) is 22.6 Å². The van der Waals surface area contributed by atoms with Crippen LogP contribution in [0.4, 0.5) is 5.69 Å². The SMILES string of the molecule is Cc1ccc(S(=O)(=O)N2CCSC2c2ccc(N(C)C)cc2)cc1. The maximum atomic E-state index is 13.0. The minimum absolute atomic E-state index is 0.160. The van der Waals surface area contributed by atoms with Gasteiger partial charge in [-0.05, 0) is 36.8 Å². The first kappa shape index (κ1) is 17.3. The van der Waals surface area contributed by atoms with Crippen LogP contribution in [0, 0.1) is 6.92 Å². The second kappa shape index (κ2) is 6.78. The van der Waals surface area contributed by atoms with E-state index in [4.69, 9.17) is 0 Å². The van der Waals surface area contributed by atoms with Crippen LogP contribution in [0.2, 0.25) is 0 Å². The van der Waals surface area contributed by atoms with Crippen LogP contribution in [0.1, 0.15) is 16.5 Å². The lowest BCUT2D eigenvalue weighted by atomic mass is 10.2. The van der Waals surface area contributed by atoms with Gasteiger partial charge in [0, 0.05) is 32.1 Å². The van der Waals surface area contributed by atoms with Gasteiger partial charge in [-0.2, -0.15) is 4.31 Å². The number of nitrogens with zero attached hydrogens (tertiary/aromatic N) is 2. The number of aryl methyl sites for hydroxylation is 1. The molecule has 0 radical (unpaired) electrons. The number of anilines is 1. The molecule has 0 amide bonds. The van der Waals surface area contributed by atoms with E-state index in [2.05, 4.69) is 0 Å². The van der Waals surface area contributed by atoms with Crippen molar-refractivity contribution in [3.05, 3.63) is 59.7 Å². The predicted molar refractivity (Wildman–Crippen MR) is 101 cm³/mol. The van der Waals surface area contributed by atoms with E-state index in [0.29, 0.717) is 11.4 Å². The zero-order valence-electron chi connectivity index (χ0n) is 14.1. The van der Waals surface area contributed by atoms with E-state index in [1.807, 2.05) is 62.3 Å². The Morgan fingerprint density at radius 3 is 2.25 bits per heavy atom. The molecule has 1 atom stereocenters. The third-order valence-corrected chi connectivity index (χ3v) is 7.44. The molecule has 0 N–H and O–H groups in total. The first-order chi connectivity index (χ1) is 11.4. The lowest BCUT2D eigenvalue weighted by Crippen LogP contribution is -2.30. The fourth-order valence-electron chi connectivity index (χ4n) is 2.75. The van der Waals surface area contributed by atoms with Crippen molar-refractivity contribution >= 4 is 27.5 Å². The van der Waals surface area contributed by atoms with Crippen LogP contribution in [0.5, 0.6) is 0 Å². The van der Waals surface area contributed by atoms with E-state index < -0.39 is 10.0 Å². The summed E-state index contributed by atoms with van der Waals surface area (Å²) in [5, 5.41) is -0.160. The van der Waals surface area contributed by atoms with Crippen LogP contribution in [-0.2, 0) is 10.0 Å². The first-order valence-corrected chi connectivity index (χ1v) is 10.4. The van der Waals surface area contributed by atoms with Crippen molar-refractivity contribution in [2.24, 2.45) is 0 Å². The van der Waals surface area contributed by atoms with Crippen LogP contribution in [0.25, 0.3) is 0 Å². The molecule has 6 heteroatoms. The number of hydrogen-bond acceptors (Lipinski definition) is 4. The van der Waals surface area contributed by atoms with Gasteiger partial charge >= 0.3 is 0 Å². The molecule has 3 rings (SSSR count). The molecule has 1 aliphatic rings. The third-order valence-electron chi connectivity index (χ3n) is 4.17. The Balaban J connectivity index is 1.91. The highest BCUT2D eigenvalue weighted by Crippen LogP contribution is 2.41. The quantitative estimate of drug-likeness (QED) is 0.835. The average Bonchev–Trinajstić information content (AvgIpc) is 3.06. The fraction of sp³-hybridized carbons (Fsp3) is 0.333. The summed E-state index contributed by atoms with van der Waals surface area (Å²) in [4.78, 5) is 2.40. The lowest BCUT2D eigenvalue weighted by molar-refractivity contribution is 0.434. The molecule has 0 saturated carbocycles. The molecule has 1 unspecified atom stereocenters. The molecular formula is C18H22N2O2S2. The van der Waals surface area contributed by atoms with Crippen LogP contribution in [0.15, 0.2) is 53.4 Å². The number of sulfonamides is 1. The zero-order valence-corrected chi connectivity index (χ0v) is 15.8. The number of rotatable bonds is 4. The molecule has 0 spiro atoms. The molecule has 2 aromatic rings. The number of thioether (sulfide) groups is 1. The molecule has 2 aromatic carbocycles. The number of benzene rings is 2. The predicted octanol–water partition coefficient (Wildman–Crippen LogP) is 3.50. The molecule has 24 heavy (non-hydrogen) atoms. The van der Waals surface area contributed by atoms with Crippen molar-refractivity contribution in [1.29, 1.82) is 0 Å². The van der Waals surface area contributed by atoms with Gasteiger partial charge in [0.25, 0.3) is 0 Å². The van der Waals surface area contributed by atoms with Gasteiger partial charge in [0.05, 0.1) is 10.3 Å². The molecule has 1 heterocycles.